The van der Waals surface area contributed by atoms with Crippen LogP contribution in [0.4, 0.5) is 0 Å². The van der Waals surface area contributed by atoms with Gasteiger partial charge in [0, 0.05) is 42.3 Å². The minimum absolute atomic E-state index is 0.593. The molecule has 0 saturated carbocycles. The maximum absolute atomic E-state index is 3.74. The predicted octanol–water partition coefficient (Wildman–Crippen LogP) is 2.94. The second-order valence-electron chi connectivity index (χ2n) is 6.97. The summed E-state index contributed by atoms with van der Waals surface area (Å²) in [5.74, 6) is 0. The summed E-state index contributed by atoms with van der Waals surface area (Å²) >= 11 is 0. The number of hydrogen-bond donors (Lipinski definition) is 1. The van der Waals surface area contributed by atoms with Gasteiger partial charge in [-0.25, -0.2) is 0 Å². The number of rotatable bonds is 0. The van der Waals surface area contributed by atoms with E-state index in [0.717, 1.165) is 6.04 Å². The summed E-state index contributed by atoms with van der Waals surface area (Å²) in [4.78, 5) is 9.24. The molecule has 1 aromatic carbocycles. The van der Waals surface area contributed by atoms with Gasteiger partial charge in [-0.05, 0) is 37.4 Å². The number of H-pyrrole nitrogens is 1. The van der Waals surface area contributed by atoms with E-state index in [4.69, 9.17) is 0 Å². The molecule has 1 aromatic heterocycles. The molecule has 110 valence electrons. The van der Waals surface area contributed by atoms with Crippen LogP contribution in [0, 0.1) is 0 Å². The van der Waals surface area contributed by atoms with Crippen LogP contribution in [-0.4, -0.2) is 47.0 Å². The summed E-state index contributed by atoms with van der Waals surface area (Å²) in [6.45, 7) is 5.05. The summed E-state index contributed by atoms with van der Waals surface area (Å²) in [5.41, 5.74) is 4.42. The van der Waals surface area contributed by atoms with Gasteiger partial charge >= 0.3 is 0 Å². The zero-order chi connectivity index (χ0) is 13.8. The van der Waals surface area contributed by atoms with Crippen molar-refractivity contribution in [2.24, 2.45) is 0 Å². The van der Waals surface area contributed by atoms with E-state index in [2.05, 4.69) is 39.0 Å². The molecule has 2 atom stereocenters. The van der Waals surface area contributed by atoms with Crippen LogP contribution in [0.3, 0.4) is 0 Å². The normalized spacial score (nSPS) is 29.9. The molecule has 5 rings (SSSR count). The number of hydrogen-bond acceptors (Lipinski definition) is 2. The molecule has 3 heteroatoms. The average Bonchev–Trinajstić information content (AvgIpc) is 2.92. The monoisotopic (exact) mass is 281 g/mol. The SMILES string of the molecule is c1ccc2c3c([nH]c2c1)[C@@H]1CN2CCCC[C@H]2CN1CC3. The van der Waals surface area contributed by atoms with Gasteiger partial charge in [0.05, 0.1) is 6.04 Å². The molecule has 0 amide bonds. The number of piperazine rings is 1. The molecule has 1 N–H and O–H groups in total. The second kappa shape index (κ2) is 4.59. The Balaban J connectivity index is 1.56. The molecule has 0 spiro atoms. The largest absolute Gasteiger partial charge is 0.357 e. The maximum Gasteiger partial charge on any atom is 0.0630 e. The molecule has 0 radical (unpaired) electrons. The Kier molecular flexibility index (Phi) is 2.67. The average molecular weight is 281 g/mol. The first kappa shape index (κ1) is 12.2. The van der Waals surface area contributed by atoms with Crippen LogP contribution in [0.5, 0.6) is 0 Å². The minimum atomic E-state index is 0.593. The van der Waals surface area contributed by atoms with Crippen molar-refractivity contribution in [1.29, 1.82) is 0 Å². The van der Waals surface area contributed by atoms with Crippen LogP contribution in [0.15, 0.2) is 24.3 Å². The van der Waals surface area contributed by atoms with E-state index in [1.165, 1.54) is 68.5 Å². The highest BCUT2D eigenvalue weighted by Gasteiger charge is 2.39. The van der Waals surface area contributed by atoms with Gasteiger partial charge in [-0.15, -0.1) is 0 Å². The van der Waals surface area contributed by atoms with Gasteiger partial charge in [-0.3, -0.25) is 9.80 Å². The third-order valence-electron chi connectivity index (χ3n) is 5.87. The van der Waals surface area contributed by atoms with Gasteiger partial charge in [-0.1, -0.05) is 24.6 Å². The van der Waals surface area contributed by atoms with E-state index in [9.17, 15) is 0 Å². The van der Waals surface area contributed by atoms with Gasteiger partial charge in [0.2, 0.25) is 0 Å². The fourth-order valence-corrected chi connectivity index (χ4v) is 4.79. The summed E-state index contributed by atoms with van der Waals surface area (Å²) in [5, 5.41) is 1.45. The lowest BCUT2D eigenvalue weighted by molar-refractivity contribution is 0.00244. The van der Waals surface area contributed by atoms with Crippen LogP contribution >= 0.6 is 0 Å². The number of aromatic amines is 1. The molecular formula is C18H23N3. The number of aromatic nitrogens is 1. The number of nitrogens with zero attached hydrogens (tertiary/aromatic N) is 2. The summed E-state index contributed by atoms with van der Waals surface area (Å²) < 4.78 is 0. The smallest absolute Gasteiger partial charge is 0.0630 e. The van der Waals surface area contributed by atoms with Crippen LogP contribution in [-0.2, 0) is 6.42 Å². The molecule has 3 aliphatic rings. The van der Waals surface area contributed by atoms with Crippen molar-refractivity contribution in [2.45, 2.75) is 37.8 Å². The molecule has 0 aliphatic carbocycles. The Hall–Kier alpha value is -1.32. The predicted molar refractivity (Wildman–Crippen MR) is 85.5 cm³/mol. The molecule has 2 fully saturated rings. The van der Waals surface area contributed by atoms with Gasteiger partial charge in [0.25, 0.3) is 0 Å². The van der Waals surface area contributed by atoms with E-state index in [1.54, 1.807) is 5.56 Å². The van der Waals surface area contributed by atoms with E-state index in [0.29, 0.717) is 6.04 Å². The van der Waals surface area contributed by atoms with Crippen molar-refractivity contribution < 1.29 is 0 Å². The van der Waals surface area contributed by atoms with Gasteiger partial charge in [0.15, 0.2) is 0 Å². The van der Waals surface area contributed by atoms with E-state index in [1.807, 2.05) is 0 Å². The van der Waals surface area contributed by atoms with Crippen molar-refractivity contribution in [1.82, 2.24) is 14.8 Å². The highest BCUT2D eigenvalue weighted by Crippen LogP contribution is 2.38. The summed E-state index contributed by atoms with van der Waals surface area (Å²) in [6.07, 6.45) is 5.44. The second-order valence-corrected chi connectivity index (χ2v) is 6.97. The molecule has 0 bridgehead atoms. The zero-order valence-electron chi connectivity index (χ0n) is 12.5. The van der Waals surface area contributed by atoms with Crippen LogP contribution < -0.4 is 0 Å². The van der Waals surface area contributed by atoms with Gasteiger partial charge in [-0.2, -0.15) is 0 Å². The number of fused-ring (bicyclic) bond motifs is 6. The molecule has 3 nitrogen and oxygen atoms in total. The molecule has 2 aromatic rings. The summed E-state index contributed by atoms with van der Waals surface area (Å²) in [7, 11) is 0. The quantitative estimate of drug-likeness (QED) is 0.802. The van der Waals surface area contributed by atoms with Gasteiger partial charge < -0.3 is 4.98 Å². The first-order chi connectivity index (χ1) is 10.4. The number of nitrogens with one attached hydrogen (secondary N) is 1. The first-order valence-corrected chi connectivity index (χ1v) is 8.48. The lowest BCUT2D eigenvalue weighted by Crippen LogP contribution is -2.57. The van der Waals surface area contributed by atoms with Crippen LogP contribution in [0.1, 0.15) is 36.6 Å². The highest BCUT2D eigenvalue weighted by atomic mass is 15.3. The van der Waals surface area contributed by atoms with Crippen LogP contribution in [0.25, 0.3) is 10.9 Å². The minimum Gasteiger partial charge on any atom is -0.357 e. The summed E-state index contributed by atoms with van der Waals surface area (Å²) in [6, 6.07) is 10.2. The standard InChI is InChI=1S/C18H23N3/c1-2-7-16-14(6-1)15-8-10-21-11-13-5-3-4-9-20(13)12-17(21)18(15)19-16/h1-2,6-7,13,17,19H,3-5,8-12H2/t13-,17-/m0/s1. The number of para-hydroxylation sites is 1. The van der Waals surface area contributed by atoms with E-state index < -0.39 is 0 Å². The van der Waals surface area contributed by atoms with Crippen molar-refractivity contribution >= 4 is 10.9 Å². The van der Waals surface area contributed by atoms with Crippen LogP contribution in [0.2, 0.25) is 0 Å². The number of piperidine rings is 1. The van der Waals surface area contributed by atoms with Crippen molar-refractivity contribution in [2.75, 3.05) is 26.2 Å². The topological polar surface area (TPSA) is 22.3 Å². The number of benzene rings is 1. The Labute approximate surface area is 125 Å². The third-order valence-corrected chi connectivity index (χ3v) is 5.87. The van der Waals surface area contributed by atoms with E-state index in [-0.39, 0.29) is 0 Å². The Morgan fingerprint density at radius 3 is 2.95 bits per heavy atom. The Morgan fingerprint density at radius 2 is 1.95 bits per heavy atom. The molecular weight excluding hydrogens is 258 g/mol. The molecule has 4 heterocycles. The molecule has 3 aliphatic heterocycles. The fourth-order valence-electron chi connectivity index (χ4n) is 4.79. The van der Waals surface area contributed by atoms with Gasteiger partial charge in [0.1, 0.15) is 0 Å². The molecule has 2 saturated heterocycles. The Morgan fingerprint density at radius 1 is 1.00 bits per heavy atom. The first-order valence-electron chi connectivity index (χ1n) is 8.48. The maximum atomic E-state index is 3.74. The molecule has 0 unspecified atom stereocenters. The van der Waals surface area contributed by atoms with Crippen molar-refractivity contribution in [3.8, 4) is 0 Å². The molecule has 21 heavy (non-hydrogen) atoms. The van der Waals surface area contributed by atoms with Crippen molar-refractivity contribution in [3.63, 3.8) is 0 Å². The zero-order valence-corrected chi connectivity index (χ0v) is 12.5. The third kappa shape index (κ3) is 1.80. The lowest BCUT2D eigenvalue weighted by Gasteiger charge is -2.50. The lowest BCUT2D eigenvalue weighted by atomic mass is 9.90. The van der Waals surface area contributed by atoms with E-state index >= 15 is 0 Å². The highest BCUT2D eigenvalue weighted by molar-refractivity contribution is 5.85. The van der Waals surface area contributed by atoms with Crippen molar-refractivity contribution in [3.05, 3.63) is 35.5 Å². The Bertz CT molecular complexity index is 674. The fraction of sp³-hybridized carbons (Fsp3) is 0.556.